The Hall–Kier alpha value is -2.08. The van der Waals surface area contributed by atoms with Gasteiger partial charge in [-0.25, -0.2) is 4.79 Å². The van der Waals surface area contributed by atoms with Crippen molar-refractivity contribution in [2.24, 2.45) is 5.41 Å². The number of carboxylic acids is 1. The van der Waals surface area contributed by atoms with Gasteiger partial charge in [0.1, 0.15) is 11.9 Å². The fourth-order valence-corrected chi connectivity index (χ4v) is 3.17. The van der Waals surface area contributed by atoms with E-state index in [0.29, 0.717) is 18.8 Å². The van der Waals surface area contributed by atoms with Crippen LogP contribution < -0.4 is 10.1 Å². The number of hydrogen-bond acceptors (Lipinski definition) is 4. The van der Waals surface area contributed by atoms with Gasteiger partial charge in [-0.2, -0.15) is 0 Å². The van der Waals surface area contributed by atoms with Crippen LogP contribution in [0, 0.1) is 5.41 Å². The SMILES string of the molecule is CN[C@H](C(=O)N1CCC(Oc2ccc(C(=O)O)cc2)CC1)C(C)(C)C. The summed E-state index contributed by atoms with van der Waals surface area (Å²) >= 11 is 0. The normalized spacial score (nSPS) is 17.2. The third-order valence-electron chi connectivity index (χ3n) is 4.56. The van der Waals surface area contributed by atoms with Crippen molar-refractivity contribution in [3.8, 4) is 5.75 Å². The molecule has 1 saturated heterocycles. The molecule has 1 heterocycles. The van der Waals surface area contributed by atoms with E-state index in [1.807, 2.05) is 11.9 Å². The Balaban J connectivity index is 1.89. The van der Waals surface area contributed by atoms with Crippen molar-refractivity contribution in [3.05, 3.63) is 29.8 Å². The van der Waals surface area contributed by atoms with Gasteiger partial charge in [0.25, 0.3) is 0 Å². The molecule has 25 heavy (non-hydrogen) atoms. The number of likely N-dealkylation sites (tertiary alicyclic amines) is 1. The second-order valence-electron chi connectivity index (χ2n) is 7.56. The molecule has 1 amide bonds. The van der Waals surface area contributed by atoms with Crippen LogP contribution in [0.5, 0.6) is 5.75 Å². The number of carbonyl (C=O) groups is 2. The molecule has 2 rings (SSSR count). The van der Waals surface area contributed by atoms with Crippen molar-refractivity contribution < 1.29 is 19.4 Å². The van der Waals surface area contributed by atoms with E-state index in [4.69, 9.17) is 9.84 Å². The molecule has 0 spiro atoms. The maximum atomic E-state index is 12.7. The van der Waals surface area contributed by atoms with Gasteiger partial charge in [0.15, 0.2) is 0 Å². The van der Waals surface area contributed by atoms with Crippen LogP contribution >= 0.6 is 0 Å². The number of ether oxygens (including phenoxy) is 1. The van der Waals surface area contributed by atoms with Crippen LogP contribution in [0.2, 0.25) is 0 Å². The molecule has 138 valence electrons. The zero-order chi connectivity index (χ0) is 18.6. The van der Waals surface area contributed by atoms with Crippen LogP contribution in [-0.2, 0) is 4.79 Å². The van der Waals surface area contributed by atoms with E-state index in [1.165, 1.54) is 12.1 Å². The number of likely N-dealkylation sites (N-methyl/N-ethyl adjacent to an activating group) is 1. The first-order valence-electron chi connectivity index (χ1n) is 8.68. The molecule has 0 aromatic heterocycles. The first-order valence-corrected chi connectivity index (χ1v) is 8.68. The molecule has 1 aromatic carbocycles. The van der Waals surface area contributed by atoms with Crippen LogP contribution in [0.3, 0.4) is 0 Å². The van der Waals surface area contributed by atoms with Crippen molar-refractivity contribution in [1.82, 2.24) is 10.2 Å². The number of amides is 1. The smallest absolute Gasteiger partial charge is 0.335 e. The summed E-state index contributed by atoms with van der Waals surface area (Å²) in [6.45, 7) is 7.52. The molecule has 1 fully saturated rings. The molecule has 1 aliphatic heterocycles. The fraction of sp³-hybridized carbons (Fsp3) is 0.579. The quantitative estimate of drug-likeness (QED) is 0.854. The number of piperidine rings is 1. The lowest BCUT2D eigenvalue weighted by Gasteiger charge is -2.38. The highest BCUT2D eigenvalue weighted by atomic mass is 16.5. The van der Waals surface area contributed by atoms with Gasteiger partial charge in [-0.3, -0.25) is 4.79 Å². The molecule has 0 aliphatic carbocycles. The third kappa shape index (κ3) is 4.95. The highest BCUT2D eigenvalue weighted by Crippen LogP contribution is 2.24. The second-order valence-corrected chi connectivity index (χ2v) is 7.56. The number of nitrogens with zero attached hydrogens (tertiary/aromatic N) is 1. The van der Waals surface area contributed by atoms with Crippen molar-refractivity contribution in [2.45, 2.75) is 45.8 Å². The average Bonchev–Trinajstić information content (AvgIpc) is 2.55. The summed E-state index contributed by atoms with van der Waals surface area (Å²) in [4.78, 5) is 25.5. The molecule has 6 nitrogen and oxygen atoms in total. The molecule has 1 aromatic rings. The largest absolute Gasteiger partial charge is 0.490 e. The van der Waals surface area contributed by atoms with Crippen LogP contribution in [0.1, 0.15) is 44.0 Å². The first-order chi connectivity index (χ1) is 11.7. The molecule has 6 heteroatoms. The van der Waals surface area contributed by atoms with E-state index in [2.05, 4.69) is 26.1 Å². The summed E-state index contributed by atoms with van der Waals surface area (Å²) < 4.78 is 5.93. The summed E-state index contributed by atoms with van der Waals surface area (Å²) in [6, 6.07) is 6.23. The maximum absolute atomic E-state index is 12.7. The zero-order valence-corrected chi connectivity index (χ0v) is 15.4. The van der Waals surface area contributed by atoms with E-state index >= 15 is 0 Å². The van der Waals surface area contributed by atoms with Crippen molar-refractivity contribution >= 4 is 11.9 Å². The summed E-state index contributed by atoms with van der Waals surface area (Å²) in [5.74, 6) is -0.145. The molecule has 2 N–H and O–H groups in total. The lowest BCUT2D eigenvalue weighted by atomic mass is 9.85. The van der Waals surface area contributed by atoms with Gasteiger partial charge in [0.2, 0.25) is 5.91 Å². The Labute approximate surface area is 149 Å². The predicted molar refractivity (Wildman–Crippen MR) is 95.9 cm³/mol. The minimum atomic E-state index is -0.948. The molecule has 0 unspecified atom stereocenters. The molecular formula is C19H28N2O4. The Kier molecular flexibility index (Phi) is 6.06. The van der Waals surface area contributed by atoms with Gasteiger partial charge < -0.3 is 20.1 Å². The van der Waals surface area contributed by atoms with E-state index in [0.717, 1.165) is 12.8 Å². The summed E-state index contributed by atoms with van der Waals surface area (Å²) in [5, 5.41) is 12.1. The average molecular weight is 348 g/mol. The van der Waals surface area contributed by atoms with Crippen molar-refractivity contribution in [3.63, 3.8) is 0 Å². The number of benzene rings is 1. The first kappa shape index (κ1) is 19.2. The number of hydrogen-bond donors (Lipinski definition) is 2. The number of carbonyl (C=O) groups excluding carboxylic acids is 1. The standard InChI is InChI=1S/C19H28N2O4/c1-19(2,3)16(20-4)17(22)21-11-9-15(10-12-21)25-14-7-5-13(6-8-14)18(23)24/h5-8,15-16,20H,9-12H2,1-4H3,(H,23,24)/t16-/m1/s1. The van der Waals surface area contributed by atoms with Gasteiger partial charge in [-0.15, -0.1) is 0 Å². The Morgan fingerprint density at radius 1 is 1.20 bits per heavy atom. The maximum Gasteiger partial charge on any atom is 0.335 e. The monoisotopic (exact) mass is 348 g/mol. The number of aromatic carboxylic acids is 1. The second kappa shape index (κ2) is 7.87. The third-order valence-corrected chi connectivity index (χ3v) is 4.56. The van der Waals surface area contributed by atoms with Gasteiger partial charge >= 0.3 is 5.97 Å². The van der Waals surface area contributed by atoms with E-state index in [-0.39, 0.29) is 29.0 Å². The molecule has 0 saturated carbocycles. The zero-order valence-electron chi connectivity index (χ0n) is 15.4. The molecule has 1 aliphatic rings. The predicted octanol–water partition coefficient (Wildman–Crippen LogP) is 2.39. The van der Waals surface area contributed by atoms with Gasteiger partial charge in [0, 0.05) is 25.9 Å². The lowest BCUT2D eigenvalue weighted by Crippen LogP contribution is -2.54. The van der Waals surface area contributed by atoms with Gasteiger partial charge in [-0.1, -0.05) is 20.8 Å². The molecule has 1 atom stereocenters. The number of nitrogens with one attached hydrogen (secondary N) is 1. The van der Waals surface area contributed by atoms with Crippen LogP contribution in [0.15, 0.2) is 24.3 Å². The Morgan fingerprint density at radius 2 is 1.76 bits per heavy atom. The van der Waals surface area contributed by atoms with Crippen molar-refractivity contribution in [1.29, 1.82) is 0 Å². The van der Waals surface area contributed by atoms with Gasteiger partial charge in [0.05, 0.1) is 11.6 Å². The van der Waals surface area contributed by atoms with E-state index in [1.54, 1.807) is 12.1 Å². The summed E-state index contributed by atoms with van der Waals surface area (Å²) in [5.41, 5.74) is 0.110. The van der Waals surface area contributed by atoms with Crippen LogP contribution in [0.25, 0.3) is 0 Å². The van der Waals surface area contributed by atoms with Crippen LogP contribution in [-0.4, -0.2) is 54.2 Å². The van der Waals surface area contributed by atoms with E-state index in [9.17, 15) is 9.59 Å². The fourth-order valence-electron chi connectivity index (χ4n) is 3.17. The van der Waals surface area contributed by atoms with Crippen LogP contribution in [0.4, 0.5) is 0 Å². The summed E-state index contributed by atoms with van der Waals surface area (Å²) in [6.07, 6.45) is 1.59. The topological polar surface area (TPSA) is 78.9 Å². The Bertz CT molecular complexity index is 599. The Morgan fingerprint density at radius 3 is 2.20 bits per heavy atom. The van der Waals surface area contributed by atoms with Crippen molar-refractivity contribution in [2.75, 3.05) is 20.1 Å². The highest BCUT2D eigenvalue weighted by molar-refractivity contribution is 5.87. The highest BCUT2D eigenvalue weighted by Gasteiger charge is 2.34. The molecule has 0 bridgehead atoms. The molecular weight excluding hydrogens is 320 g/mol. The lowest BCUT2D eigenvalue weighted by molar-refractivity contribution is -0.137. The van der Waals surface area contributed by atoms with Gasteiger partial charge in [-0.05, 0) is 36.7 Å². The minimum absolute atomic E-state index is 0.0439. The summed E-state index contributed by atoms with van der Waals surface area (Å²) in [7, 11) is 1.82. The number of carboxylic acid groups (broad SMARTS) is 1. The number of rotatable bonds is 5. The molecule has 0 radical (unpaired) electrons. The minimum Gasteiger partial charge on any atom is -0.490 e. The van der Waals surface area contributed by atoms with E-state index < -0.39 is 5.97 Å².